The van der Waals surface area contributed by atoms with Crippen molar-refractivity contribution < 1.29 is 13.2 Å². The number of anilines is 1. The number of sulfonamides is 1. The summed E-state index contributed by atoms with van der Waals surface area (Å²) in [5, 5.41) is 2.66. The predicted octanol–water partition coefficient (Wildman–Crippen LogP) is 3.34. The van der Waals surface area contributed by atoms with Crippen LogP contribution < -0.4 is 10.9 Å². The number of piperidine rings is 1. The molecule has 2 atom stereocenters. The minimum atomic E-state index is -3.70. The third-order valence-corrected chi connectivity index (χ3v) is 9.02. The second-order valence-corrected chi connectivity index (χ2v) is 12.2. The highest BCUT2D eigenvalue weighted by molar-refractivity contribution is 7.89. The fourth-order valence-corrected chi connectivity index (χ4v) is 7.19. The molecule has 1 amide bonds. The van der Waals surface area contributed by atoms with E-state index in [4.69, 9.17) is 0 Å². The van der Waals surface area contributed by atoms with Gasteiger partial charge in [0.15, 0.2) is 0 Å². The quantitative estimate of drug-likeness (QED) is 0.538. The average molecular weight is 521 g/mol. The van der Waals surface area contributed by atoms with Crippen LogP contribution in [-0.4, -0.2) is 55.3 Å². The van der Waals surface area contributed by atoms with Crippen molar-refractivity contribution >= 4 is 21.6 Å². The molecule has 8 nitrogen and oxygen atoms in total. The summed E-state index contributed by atoms with van der Waals surface area (Å²) in [7, 11) is 0.316. The van der Waals surface area contributed by atoms with E-state index in [1.54, 1.807) is 16.4 Å². The van der Waals surface area contributed by atoms with Gasteiger partial charge in [0.1, 0.15) is 0 Å². The molecule has 1 saturated heterocycles. The van der Waals surface area contributed by atoms with Gasteiger partial charge in [-0.15, -0.1) is 0 Å². The van der Waals surface area contributed by atoms with Gasteiger partial charge in [-0.25, -0.2) is 8.42 Å². The van der Waals surface area contributed by atoms with Gasteiger partial charge in [0.05, 0.1) is 4.90 Å². The predicted molar refractivity (Wildman–Crippen MR) is 144 cm³/mol. The molecule has 2 bridgehead atoms. The summed E-state index contributed by atoms with van der Waals surface area (Å²) in [5.41, 5.74) is 4.17. The van der Waals surface area contributed by atoms with E-state index in [1.807, 2.05) is 49.0 Å². The van der Waals surface area contributed by atoms with Crippen molar-refractivity contribution in [1.82, 2.24) is 13.8 Å². The monoisotopic (exact) mass is 520 g/mol. The molecule has 2 aliphatic rings. The molecule has 0 aliphatic carbocycles. The number of aromatic nitrogens is 1. The third kappa shape index (κ3) is 4.99. The number of fused-ring (bicyclic) bond motifs is 4. The first-order valence-electron chi connectivity index (χ1n) is 12.5. The number of carbonyl (C=O) groups is 1. The van der Waals surface area contributed by atoms with E-state index in [9.17, 15) is 18.0 Å². The molecule has 1 fully saturated rings. The standard InChI is InChI=1S/C28H32N4O4S/c1-19(33)29-23-8-10-24(11-9-23)37(35,36)31-15-20-14-22(18-31)27-13-12-26(28(34)32(27)16-20)25-7-5-4-6-21(25)17-30(2)3/h4-13,20,22H,14-18H2,1-3H3,(H,29,33)/t20-,22+/m0/s1. The average Bonchev–Trinajstić information content (AvgIpc) is 2.85. The van der Waals surface area contributed by atoms with Gasteiger partial charge in [-0.3, -0.25) is 9.59 Å². The van der Waals surface area contributed by atoms with Crippen LogP contribution in [-0.2, 0) is 27.9 Å². The number of amides is 1. The molecular weight excluding hydrogens is 488 g/mol. The zero-order valence-corrected chi connectivity index (χ0v) is 22.2. The molecule has 2 aliphatic heterocycles. The van der Waals surface area contributed by atoms with Crippen LogP contribution in [0.5, 0.6) is 0 Å². The van der Waals surface area contributed by atoms with Crippen LogP contribution in [0, 0.1) is 5.92 Å². The Hall–Kier alpha value is -3.27. The summed E-state index contributed by atoms with van der Waals surface area (Å²) < 4.78 is 30.3. The normalized spacial score (nSPS) is 19.5. The molecule has 9 heteroatoms. The molecule has 194 valence electrons. The largest absolute Gasteiger partial charge is 0.326 e. The number of hydrogen-bond acceptors (Lipinski definition) is 5. The fourth-order valence-electron chi connectivity index (χ4n) is 5.63. The topological polar surface area (TPSA) is 91.7 Å². The van der Waals surface area contributed by atoms with Crippen LogP contribution in [0.15, 0.2) is 70.4 Å². The number of nitrogens with one attached hydrogen (secondary N) is 1. The van der Waals surface area contributed by atoms with Crippen LogP contribution >= 0.6 is 0 Å². The Kier molecular flexibility index (Phi) is 6.78. The Morgan fingerprint density at radius 3 is 2.41 bits per heavy atom. The van der Waals surface area contributed by atoms with Crippen molar-refractivity contribution in [3.05, 3.63) is 82.3 Å². The number of nitrogens with zero attached hydrogens (tertiary/aromatic N) is 3. The molecule has 1 aromatic heterocycles. The molecule has 0 unspecified atom stereocenters. The Labute approximate surface area is 217 Å². The summed E-state index contributed by atoms with van der Waals surface area (Å²) in [4.78, 5) is 27.2. The highest BCUT2D eigenvalue weighted by Crippen LogP contribution is 2.38. The number of carbonyl (C=O) groups excluding carboxylic acids is 1. The van der Waals surface area contributed by atoms with Gasteiger partial charge < -0.3 is 14.8 Å². The van der Waals surface area contributed by atoms with Gasteiger partial charge in [-0.1, -0.05) is 24.3 Å². The van der Waals surface area contributed by atoms with Gasteiger partial charge >= 0.3 is 0 Å². The number of benzene rings is 2. The summed E-state index contributed by atoms with van der Waals surface area (Å²) in [6.45, 7) is 3.36. The van der Waals surface area contributed by atoms with E-state index in [0.29, 0.717) is 30.9 Å². The van der Waals surface area contributed by atoms with Crippen LogP contribution in [0.2, 0.25) is 0 Å². The smallest absolute Gasteiger partial charge is 0.258 e. The first-order valence-corrected chi connectivity index (χ1v) is 13.9. The van der Waals surface area contributed by atoms with Crippen LogP contribution in [0.25, 0.3) is 11.1 Å². The Bertz CT molecular complexity index is 1500. The molecule has 3 aromatic rings. The van der Waals surface area contributed by atoms with Crippen molar-refractivity contribution in [3.63, 3.8) is 0 Å². The Morgan fingerprint density at radius 1 is 0.973 bits per heavy atom. The number of hydrogen-bond donors (Lipinski definition) is 1. The lowest BCUT2D eigenvalue weighted by Crippen LogP contribution is -2.49. The van der Waals surface area contributed by atoms with Crippen molar-refractivity contribution in [2.75, 3.05) is 32.5 Å². The summed E-state index contributed by atoms with van der Waals surface area (Å²) in [6.07, 6.45) is 0.865. The molecule has 0 radical (unpaired) electrons. The Morgan fingerprint density at radius 2 is 1.70 bits per heavy atom. The zero-order valence-electron chi connectivity index (χ0n) is 21.3. The first-order chi connectivity index (χ1) is 17.6. The van der Waals surface area contributed by atoms with Crippen LogP contribution in [0.3, 0.4) is 0 Å². The van der Waals surface area contributed by atoms with Crippen LogP contribution in [0.4, 0.5) is 5.69 Å². The second-order valence-electron chi connectivity index (χ2n) is 10.3. The highest BCUT2D eigenvalue weighted by Gasteiger charge is 2.39. The lowest BCUT2D eigenvalue weighted by molar-refractivity contribution is -0.114. The number of pyridine rings is 1. The van der Waals surface area contributed by atoms with Gasteiger partial charge in [0.2, 0.25) is 15.9 Å². The lowest BCUT2D eigenvalue weighted by atomic mass is 9.83. The minimum absolute atomic E-state index is 0.0109. The number of rotatable bonds is 6. The zero-order chi connectivity index (χ0) is 26.3. The summed E-state index contributed by atoms with van der Waals surface area (Å²) >= 11 is 0. The van der Waals surface area contributed by atoms with E-state index in [2.05, 4.69) is 16.3 Å². The van der Waals surface area contributed by atoms with E-state index in [0.717, 1.165) is 29.8 Å². The molecule has 3 heterocycles. The first kappa shape index (κ1) is 25.4. The van der Waals surface area contributed by atoms with Crippen LogP contribution in [0.1, 0.15) is 30.5 Å². The van der Waals surface area contributed by atoms with E-state index >= 15 is 0 Å². The third-order valence-electron chi connectivity index (χ3n) is 7.18. The summed E-state index contributed by atoms with van der Waals surface area (Å²) in [6, 6.07) is 18.2. The van der Waals surface area contributed by atoms with Gasteiger partial charge in [0.25, 0.3) is 5.56 Å². The minimum Gasteiger partial charge on any atom is -0.326 e. The molecule has 2 aromatic carbocycles. The molecule has 1 N–H and O–H groups in total. The van der Waals surface area contributed by atoms with Gasteiger partial charge in [-0.05, 0) is 74.0 Å². The highest BCUT2D eigenvalue weighted by atomic mass is 32.2. The fraction of sp³-hybridized carbons (Fsp3) is 0.357. The van der Waals surface area contributed by atoms with E-state index in [1.165, 1.54) is 19.1 Å². The van der Waals surface area contributed by atoms with E-state index in [-0.39, 0.29) is 28.2 Å². The second kappa shape index (κ2) is 9.89. The molecule has 0 saturated carbocycles. The molecular formula is C28H32N4O4S. The maximum atomic E-state index is 13.7. The SMILES string of the molecule is CC(=O)Nc1ccc(S(=O)(=O)N2C[C@@H]3C[C@H](C2)c2ccc(-c4ccccc4CN(C)C)c(=O)n2C3)cc1. The maximum Gasteiger partial charge on any atom is 0.258 e. The summed E-state index contributed by atoms with van der Waals surface area (Å²) in [5.74, 6) is -0.193. The maximum absolute atomic E-state index is 13.7. The lowest BCUT2D eigenvalue weighted by Gasteiger charge is -2.42. The van der Waals surface area contributed by atoms with E-state index < -0.39 is 10.0 Å². The van der Waals surface area contributed by atoms with Gasteiger partial charge in [-0.2, -0.15) is 4.31 Å². The Balaban J connectivity index is 1.43. The van der Waals surface area contributed by atoms with Crippen molar-refractivity contribution in [2.45, 2.75) is 37.2 Å². The van der Waals surface area contributed by atoms with Gasteiger partial charge in [0, 0.05) is 56.0 Å². The van der Waals surface area contributed by atoms with Crippen molar-refractivity contribution in [3.8, 4) is 11.1 Å². The molecule has 5 rings (SSSR count). The van der Waals surface area contributed by atoms with Crippen molar-refractivity contribution in [1.29, 1.82) is 0 Å². The van der Waals surface area contributed by atoms with Crippen molar-refractivity contribution in [2.24, 2.45) is 5.92 Å². The molecule has 37 heavy (non-hydrogen) atoms. The molecule has 0 spiro atoms.